The molecule has 0 N–H and O–H groups in total. The number of nitrogens with zero attached hydrogens (tertiary/aromatic N) is 6. The molecular weight excluding hydrogens is 613 g/mol. The fourth-order valence-corrected chi connectivity index (χ4v) is 7.10. The van der Waals surface area contributed by atoms with Crippen LogP contribution in [0, 0.1) is 0 Å². The second kappa shape index (κ2) is 11.4. The van der Waals surface area contributed by atoms with E-state index in [9.17, 15) is 0 Å². The Morgan fingerprint density at radius 2 is 1.10 bits per heavy atom. The van der Waals surface area contributed by atoms with Crippen molar-refractivity contribution in [3.05, 3.63) is 170 Å². The van der Waals surface area contributed by atoms with Crippen LogP contribution in [0.5, 0.6) is 0 Å². The summed E-state index contributed by atoms with van der Waals surface area (Å²) in [6.45, 7) is 0. The topological polar surface area (TPSA) is 61.4 Å². The van der Waals surface area contributed by atoms with E-state index in [1.807, 2.05) is 30.3 Å². The van der Waals surface area contributed by atoms with Crippen LogP contribution in [0.4, 0.5) is 0 Å². The maximum Gasteiger partial charge on any atom is 0.160 e. The quantitative estimate of drug-likeness (QED) is 0.188. The van der Waals surface area contributed by atoms with Gasteiger partial charge in [-0.25, -0.2) is 19.9 Å². The summed E-state index contributed by atoms with van der Waals surface area (Å²) >= 11 is 0. The third-order valence-electron chi connectivity index (χ3n) is 9.49. The summed E-state index contributed by atoms with van der Waals surface area (Å²) in [5.41, 5.74) is 10.4. The number of hydrogen-bond donors (Lipinski definition) is 0. The van der Waals surface area contributed by atoms with Crippen molar-refractivity contribution in [1.82, 2.24) is 29.1 Å². The van der Waals surface area contributed by atoms with Crippen molar-refractivity contribution >= 4 is 43.6 Å². The van der Waals surface area contributed by atoms with Gasteiger partial charge in [-0.1, -0.05) is 78.9 Å². The molecule has 6 aromatic carbocycles. The van der Waals surface area contributed by atoms with Crippen molar-refractivity contribution < 1.29 is 0 Å². The summed E-state index contributed by atoms with van der Waals surface area (Å²) in [5, 5.41) is 4.68. The van der Waals surface area contributed by atoms with Crippen LogP contribution in [-0.4, -0.2) is 29.1 Å². The molecule has 6 heteroatoms. The summed E-state index contributed by atoms with van der Waals surface area (Å²) in [5.74, 6) is 1.38. The van der Waals surface area contributed by atoms with Crippen LogP contribution in [0.3, 0.4) is 0 Å². The average molecular weight is 641 g/mol. The molecule has 10 aromatic rings. The lowest BCUT2D eigenvalue weighted by atomic mass is 10.0. The van der Waals surface area contributed by atoms with Gasteiger partial charge >= 0.3 is 0 Å². The zero-order valence-corrected chi connectivity index (χ0v) is 26.8. The Bertz CT molecular complexity index is 2840. The summed E-state index contributed by atoms with van der Waals surface area (Å²) in [6, 6.07) is 52.9. The monoisotopic (exact) mass is 640 g/mol. The first-order valence-electron chi connectivity index (χ1n) is 16.6. The number of hydrogen-bond acceptors (Lipinski definition) is 4. The molecule has 0 amide bonds. The van der Waals surface area contributed by atoms with Gasteiger partial charge in [-0.05, 0) is 72.8 Å². The zero-order chi connectivity index (χ0) is 33.0. The Morgan fingerprint density at radius 3 is 1.92 bits per heavy atom. The molecule has 4 heterocycles. The summed E-state index contributed by atoms with van der Waals surface area (Å²) in [4.78, 5) is 19.0. The van der Waals surface area contributed by atoms with Crippen molar-refractivity contribution in [2.45, 2.75) is 0 Å². The van der Waals surface area contributed by atoms with Crippen LogP contribution >= 0.6 is 0 Å². The molecule has 0 atom stereocenters. The van der Waals surface area contributed by atoms with Gasteiger partial charge in [0, 0.05) is 68.2 Å². The molecule has 0 spiro atoms. The molecule has 0 aliphatic rings. The van der Waals surface area contributed by atoms with Gasteiger partial charge < -0.3 is 9.13 Å². The third-order valence-corrected chi connectivity index (χ3v) is 9.49. The van der Waals surface area contributed by atoms with Gasteiger partial charge in [0.2, 0.25) is 0 Å². The Labute approximate surface area is 287 Å². The maximum absolute atomic E-state index is 5.15. The third kappa shape index (κ3) is 4.58. The Balaban J connectivity index is 1.09. The van der Waals surface area contributed by atoms with E-state index in [0.29, 0.717) is 11.6 Å². The number of rotatable bonds is 5. The van der Waals surface area contributed by atoms with Gasteiger partial charge in [0.25, 0.3) is 0 Å². The predicted octanol–water partition coefficient (Wildman–Crippen LogP) is 10.5. The second-order valence-corrected chi connectivity index (χ2v) is 12.4. The molecule has 6 nitrogen and oxygen atoms in total. The molecule has 234 valence electrons. The highest BCUT2D eigenvalue weighted by Gasteiger charge is 2.16. The minimum atomic E-state index is 0.685. The number of aromatic nitrogens is 6. The van der Waals surface area contributed by atoms with Gasteiger partial charge in [-0.15, -0.1) is 0 Å². The molecular formula is C44H28N6. The first-order valence-corrected chi connectivity index (χ1v) is 16.6. The fourth-order valence-electron chi connectivity index (χ4n) is 7.10. The van der Waals surface area contributed by atoms with Crippen LogP contribution < -0.4 is 0 Å². The van der Waals surface area contributed by atoms with Crippen molar-refractivity contribution in [2.24, 2.45) is 0 Å². The predicted molar refractivity (Wildman–Crippen MR) is 203 cm³/mol. The van der Waals surface area contributed by atoms with Crippen LogP contribution in [0.15, 0.2) is 170 Å². The molecule has 0 saturated heterocycles. The van der Waals surface area contributed by atoms with E-state index >= 15 is 0 Å². The minimum Gasteiger partial charge on any atom is -0.316 e. The van der Waals surface area contributed by atoms with E-state index in [4.69, 9.17) is 9.97 Å². The van der Waals surface area contributed by atoms with Gasteiger partial charge in [-0.3, -0.25) is 0 Å². The van der Waals surface area contributed by atoms with E-state index < -0.39 is 0 Å². The lowest BCUT2D eigenvalue weighted by molar-refractivity contribution is 1.12. The molecule has 0 radical (unpaired) electrons. The van der Waals surface area contributed by atoms with Crippen molar-refractivity contribution in [3.63, 3.8) is 0 Å². The van der Waals surface area contributed by atoms with Gasteiger partial charge in [0.15, 0.2) is 11.6 Å². The van der Waals surface area contributed by atoms with E-state index in [-0.39, 0.29) is 0 Å². The number of fused-ring (bicyclic) bond motifs is 5. The van der Waals surface area contributed by atoms with Gasteiger partial charge in [-0.2, -0.15) is 0 Å². The van der Waals surface area contributed by atoms with E-state index in [0.717, 1.165) is 50.2 Å². The summed E-state index contributed by atoms with van der Waals surface area (Å²) in [6.07, 6.45) is 5.68. The number of para-hydroxylation sites is 3. The lowest BCUT2D eigenvalue weighted by Crippen LogP contribution is -1.97. The number of benzene rings is 6. The molecule has 4 aromatic heterocycles. The Kier molecular flexibility index (Phi) is 6.39. The highest BCUT2D eigenvalue weighted by molar-refractivity contribution is 6.13. The minimum absolute atomic E-state index is 0.685. The highest BCUT2D eigenvalue weighted by Crippen LogP contribution is 2.37. The molecule has 50 heavy (non-hydrogen) atoms. The molecule has 0 bridgehead atoms. The zero-order valence-electron chi connectivity index (χ0n) is 26.8. The lowest BCUT2D eigenvalue weighted by Gasteiger charge is -2.12. The molecule has 0 unspecified atom stereocenters. The maximum atomic E-state index is 5.15. The molecule has 0 aliphatic heterocycles. The van der Waals surface area contributed by atoms with Crippen LogP contribution in [0.25, 0.3) is 89.0 Å². The van der Waals surface area contributed by atoms with Crippen LogP contribution in [-0.2, 0) is 0 Å². The van der Waals surface area contributed by atoms with Crippen molar-refractivity contribution in [1.29, 1.82) is 0 Å². The van der Waals surface area contributed by atoms with E-state index in [1.165, 1.54) is 27.2 Å². The summed E-state index contributed by atoms with van der Waals surface area (Å²) in [7, 11) is 0. The SMILES string of the molecule is c1ccc(-n2ccc3cc4c5ccccc5n(-c5ccc(-c6nc(-c7ccc(-c8ncccn8)cc7)c7ccccc7n6)cc5)c4cc32)cc1. The average Bonchev–Trinajstić information content (AvgIpc) is 3.76. The van der Waals surface area contributed by atoms with Crippen molar-refractivity contribution in [3.8, 4) is 45.4 Å². The Morgan fingerprint density at radius 1 is 0.420 bits per heavy atom. The molecule has 0 saturated carbocycles. The molecule has 0 fully saturated rings. The van der Waals surface area contributed by atoms with Crippen LogP contribution in [0.1, 0.15) is 0 Å². The van der Waals surface area contributed by atoms with Gasteiger partial charge in [0.05, 0.1) is 27.8 Å². The standard InChI is InChI=1S/C44H28N6/c1-2-9-33(10-3-1)49-26-23-32-27-37-35-11-5-7-14-39(35)50(41(37)28-40(32)49)34-21-19-31(20-22-34)44-47-38-13-6-4-12-36(38)42(48-44)29-15-17-30(18-16-29)43-45-24-8-25-46-43/h1-28H. The largest absolute Gasteiger partial charge is 0.316 e. The first kappa shape index (κ1) is 28.1. The molecule has 10 rings (SSSR count). The fraction of sp³-hybridized carbons (Fsp3) is 0. The second-order valence-electron chi connectivity index (χ2n) is 12.4. The van der Waals surface area contributed by atoms with Crippen LogP contribution in [0.2, 0.25) is 0 Å². The van der Waals surface area contributed by atoms with Crippen molar-refractivity contribution in [2.75, 3.05) is 0 Å². The van der Waals surface area contributed by atoms with Gasteiger partial charge in [0.1, 0.15) is 0 Å². The highest BCUT2D eigenvalue weighted by atomic mass is 15.0. The smallest absolute Gasteiger partial charge is 0.160 e. The summed E-state index contributed by atoms with van der Waals surface area (Å²) < 4.78 is 4.62. The Hall–Kier alpha value is -6.92. The van der Waals surface area contributed by atoms with E-state index in [2.05, 4.69) is 147 Å². The first-order chi connectivity index (χ1) is 24.8. The molecule has 0 aliphatic carbocycles. The van der Waals surface area contributed by atoms with E-state index in [1.54, 1.807) is 12.4 Å². The normalized spacial score (nSPS) is 11.6.